The van der Waals surface area contributed by atoms with Gasteiger partial charge in [-0.3, -0.25) is 0 Å². The fraction of sp³-hybridized carbons (Fsp3) is 0.412. The molecule has 0 bridgehead atoms. The number of hydrogen-bond donors (Lipinski definition) is 0. The van der Waals surface area contributed by atoms with Gasteiger partial charge >= 0.3 is 0 Å². The molecule has 1 heterocycles. The van der Waals surface area contributed by atoms with Gasteiger partial charge in [-0.05, 0) is 45.2 Å². The Balaban J connectivity index is 1.76. The molecule has 21 heavy (non-hydrogen) atoms. The molecule has 1 unspecified atom stereocenters. The minimum absolute atomic E-state index is 0.145. The van der Waals surface area contributed by atoms with Crippen molar-refractivity contribution in [2.24, 2.45) is 0 Å². The van der Waals surface area contributed by atoms with Crippen LogP contribution in [0.2, 0.25) is 0 Å². The van der Waals surface area contributed by atoms with Crippen molar-refractivity contribution in [3.63, 3.8) is 0 Å². The Morgan fingerprint density at radius 2 is 2.00 bits per heavy atom. The first kappa shape index (κ1) is 15.1. The molecule has 0 N–H and O–H groups in total. The molecular formula is C17H20N2O2. The number of aromatic nitrogens is 1. The molecule has 1 aromatic heterocycles. The molecule has 0 aliphatic carbocycles. The lowest BCUT2D eigenvalue weighted by Gasteiger charge is -2.09. The van der Waals surface area contributed by atoms with Crippen molar-refractivity contribution in [3.8, 4) is 11.8 Å². The fourth-order valence-corrected chi connectivity index (χ4v) is 2.42. The van der Waals surface area contributed by atoms with E-state index < -0.39 is 0 Å². The van der Waals surface area contributed by atoms with Crippen LogP contribution in [0.15, 0.2) is 34.9 Å². The van der Waals surface area contributed by atoms with E-state index in [-0.39, 0.29) is 5.92 Å². The Hall–Kier alpha value is -2.28. The second kappa shape index (κ2) is 7.49. The lowest BCUT2D eigenvalue weighted by atomic mass is 9.93. The first-order valence-electron chi connectivity index (χ1n) is 7.22. The van der Waals surface area contributed by atoms with Gasteiger partial charge in [0.15, 0.2) is 0 Å². The number of aryl methyl sites for hydroxylation is 2. The molecule has 0 fully saturated rings. The molecule has 0 radical (unpaired) electrons. The molecule has 2 aromatic rings. The van der Waals surface area contributed by atoms with Crippen LogP contribution < -0.4 is 4.74 Å². The van der Waals surface area contributed by atoms with E-state index in [2.05, 4.69) is 11.2 Å². The van der Waals surface area contributed by atoms with Crippen LogP contribution in [0.5, 0.6) is 5.75 Å². The number of benzene rings is 1. The summed E-state index contributed by atoms with van der Waals surface area (Å²) in [6.45, 7) is 4.41. The maximum absolute atomic E-state index is 9.33. The summed E-state index contributed by atoms with van der Waals surface area (Å²) in [6, 6.07) is 12.1. The highest BCUT2D eigenvalue weighted by Gasteiger charge is 2.19. The minimum Gasteiger partial charge on any atom is -0.494 e. The summed E-state index contributed by atoms with van der Waals surface area (Å²) in [5.41, 5.74) is 1.76. The van der Waals surface area contributed by atoms with Gasteiger partial charge in [-0.2, -0.15) is 5.26 Å². The van der Waals surface area contributed by atoms with E-state index in [0.717, 1.165) is 42.0 Å². The zero-order valence-electron chi connectivity index (χ0n) is 12.5. The second-order valence-electron chi connectivity index (χ2n) is 5.08. The lowest BCUT2D eigenvalue weighted by Crippen LogP contribution is -2.02. The number of hydrogen-bond acceptors (Lipinski definition) is 4. The van der Waals surface area contributed by atoms with Gasteiger partial charge in [0.05, 0.1) is 24.3 Å². The Morgan fingerprint density at radius 1 is 1.24 bits per heavy atom. The molecule has 0 amide bonds. The Bertz CT molecular complexity index is 579. The molecule has 0 saturated carbocycles. The zero-order valence-corrected chi connectivity index (χ0v) is 12.5. The molecule has 4 heteroatoms. The summed E-state index contributed by atoms with van der Waals surface area (Å²) in [6.07, 6.45) is 2.67. The number of para-hydroxylation sites is 1. The summed E-state index contributed by atoms with van der Waals surface area (Å²) >= 11 is 0. The fourth-order valence-electron chi connectivity index (χ4n) is 2.42. The highest BCUT2D eigenvalue weighted by Crippen LogP contribution is 2.27. The van der Waals surface area contributed by atoms with E-state index in [1.807, 2.05) is 44.2 Å². The Morgan fingerprint density at radius 3 is 2.62 bits per heavy atom. The van der Waals surface area contributed by atoms with Crippen LogP contribution in [0.3, 0.4) is 0 Å². The summed E-state index contributed by atoms with van der Waals surface area (Å²) in [4.78, 5) is 0. The third-order valence-electron chi connectivity index (χ3n) is 3.49. The van der Waals surface area contributed by atoms with Crippen molar-refractivity contribution in [3.05, 3.63) is 47.3 Å². The number of nitrogens with zero attached hydrogens (tertiary/aromatic N) is 2. The zero-order chi connectivity index (χ0) is 15.1. The molecule has 0 aliphatic heterocycles. The predicted molar refractivity (Wildman–Crippen MR) is 80.1 cm³/mol. The first-order chi connectivity index (χ1) is 10.2. The van der Waals surface area contributed by atoms with E-state index in [4.69, 9.17) is 9.26 Å². The largest absolute Gasteiger partial charge is 0.494 e. The molecule has 1 aromatic carbocycles. The molecule has 0 saturated heterocycles. The average molecular weight is 284 g/mol. The van der Waals surface area contributed by atoms with Crippen LogP contribution in [-0.4, -0.2) is 11.8 Å². The van der Waals surface area contributed by atoms with Crippen molar-refractivity contribution in [2.75, 3.05) is 6.61 Å². The highest BCUT2D eigenvalue weighted by molar-refractivity contribution is 5.30. The number of nitriles is 1. The van der Waals surface area contributed by atoms with Gasteiger partial charge in [-0.1, -0.05) is 23.4 Å². The number of ether oxygens (including phenoxy) is 1. The van der Waals surface area contributed by atoms with Crippen LogP contribution in [0, 0.1) is 25.2 Å². The van der Waals surface area contributed by atoms with Crippen LogP contribution >= 0.6 is 0 Å². The van der Waals surface area contributed by atoms with Crippen LogP contribution in [0.25, 0.3) is 0 Å². The van der Waals surface area contributed by atoms with Gasteiger partial charge < -0.3 is 9.26 Å². The Kier molecular flexibility index (Phi) is 5.39. The second-order valence-corrected chi connectivity index (χ2v) is 5.08. The normalized spacial score (nSPS) is 11.9. The molecule has 0 aliphatic rings. The van der Waals surface area contributed by atoms with Gasteiger partial charge in [0.25, 0.3) is 0 Å². The Labute approximate surface area is 125 Å². The highest BCUT2D eigenvalue weighted by atomic mass is 16.5. The van der Waals surface area contributed by atoms with Gasteiger partial charge in [-0.25, -0.2) is 0 Å². The third-order valence-corrected chi connectivity index (χ3v) is 3.49. The minimum atomic E-state index is -0.145. The SMILES string of the molecule is Cc1noc(C)c1C(C#N)CCCCOc1ccccc1. The molecule has 0 spiro atoms. The number of unbranched alkanes of at least 4 members (excludes halogenated alkanes) is 1. The van der Waals surface area contributed by atoms with Gasteiger partial charge in [-0.15, -0.1) is 0 Å². The van der Waals surface area contributed by atoms with Crippen molar-refractivity contribution in [1.29, 1.82) is 5.26 Å². The maximum Gasteiger partial charge on any atom is 0.138 e. The van der Waals surface area contributed by atoms with E-state index in [1.54, 1.807) is 0 Å². The van der Waals surface area contributed by atoms with E-state index in [1.165, 1.54) is 0 Å². The van der Waals surface area contributed by atoms with Crippen molar-refractivity contribution in [2.45, 2.75) is 39.0 Å². The van der Waals surface area contributed by atoms with E-state index in [0.29, 0.717) is 6.61 Å². The third kappa shape index (κ3) is 4.09. The van der Waals surface area contributed by atoms with Gasteiger partial charge in [0.1, 0.15) is 11.5 Å². The predicted octanol–water partition coefficient (Wildman–Crippen LogP) is 4.15. The first-order valence-corrected chi connectivity index (χ1v) is 7.22. The molecular weight excluding hydrogens is 264 g/mol. The van der Waals surface area contributed by atoms with E-state index in [9.17, 15) is 5.26 Å². The van der Waals surface area contributed by atoms with Crippen molar-refractivity contribution < 1.29 is 9.26 Å². The molecule has 2 rings (SSSR count). The van der Waals surface area contributed by atoms with Crippen LogP contribution in [0.4, 0.5) is 0 Å². The van der Waals surface area contributed by atoms with E-state index >= 15 is 0 Å². The quantitative estimate of drug-likeness (QED) is 0.717. The number of rotatable bonds is 7. The molecule has 4 nitrogen and oxygen atoms in total. The topological polar surface area (TPSA) is 59.0 Å². The maximum atomic E-state index is 9.33. The van der Waals surface area contributed by atoms with Gasteiger partial charge in [0.2, 0.25) is 0 Å². The standard InChI is InChI=1S/C17H20N2O2/c1-13-17(14(2)21-19-13)15(12-18)8-6-7-11-20-16-9-4-3-5-10-16/h3-5,9-10,15H,6-8,11H2,1-2H3. The smallest absolute Gasteiger partial charge is 0.138 e. The van der Waals surface area contributed by atoms with Gasteiger partial charge in [0, 0.05) is 5.56 Å². The van der Waals surface area contributed by atoms with Crippen molar-refractivity contribution in [1.82, 2.24) is 5.16 Å². The summed E-state index contributed by atoms with van der Waals surface area (Å²) in [5.74, 6) is 1.49. The average Bonchev–Trinajstić information content (AvgIpc) is 2.84. The molecule has 1 atom stereocenters. The van der Waals surface area contributed by atoms with Crippen LogP contribution in [0.1, 0.15) is 42.2 Å². The summed E-state index contributed by atoms with van der Waals surface area (Å²) < 4.78 is 10.8. The molecule has 110 valence electrons. The summed E-state index contributed by atoms with van der Waals surface area (Å²) in [5, 5.41) is 13.2. The summed E-state index contributed by atoms with van der Waals surface area (Å²) in [7, 11) is 0. The van der Waals surface area contributed by atoms with Crippen LogP contribution in [-0.2, 0) is 0 Å². The lowest BCUT2D eigenvalue weighted by molar-refractivity contribution is 0.304. The van der Waals surface area contributed by atoms with Crippen molar-refractivity contribution >= 4 is 0 Å². The monoisotopic (exact) mass is 284 g/mol.